The van der Waals surface area contributed by atoms with E-state index in [4.69, 9.17) is 0 Å². The fourth-order valence-corrected chi connectivity index (χ4v) is 2.03. The Hall–Kier alpha value is -0.740. The fourth-order valence-electron chi connectivity index (χ4n) is 1.02. The second-order valence-corrected chi connectivity index (χ2v) is 4.27. The Morgan fingerprint density at radius 3 is 2.92 bits per heavy atom. The number of halogens is 2. The topological polar surface area (TPSA) is 12.9 Å². The van der Waals surface area contributed by atoms with E-state index in [0.717, 1.165) is 4.47 Å². The monoisotopic (exact) mass is 257 g/mol. The van der Waals surface area contributed by atoms with E-state index in [-0.39, 0.29) is 5.82 Å². The van der Waals surface area contributed by atoms with Crippen molar-refractivity contribution >= 4 is 27.3 Å². The minimum Gasteiger partial charge on any atom is -0.244 e. The highest BCUT2D eigenvalue weighted by atomic mass is 79.9. The molecule has 0 radical (unpaired) electrons. The van der Waals surface area contributed by atoms with Gasteiger partial charge in [-0.3, -0.25) is 0 Å². The van der Waals surface area contributed by atoms with Crippen LogP contribution in [0.2, 0.25) is 0 Å². The fraction of sp³-hybridized carbons (Fsp3) is 0. The van der Waals surface area contributed by atoms with Gasteiger partial charge in [-0.05, 0) is 18.2 Å². The van der Waals surface area contributed by atoms with Gasteiger partial charge in [0.1, 0.15) is 10.8 Å². The van der Waals surface area contributed by atoms with Crippen LogP contribution in [0.3, 0.4) is 0 Å². The van der Waals surface area contributed by atoms with Gasteiger partial charge in [-0.1, -0.05) is 15.9 Å². The molecular formula is C9H5BrFNS. The Morgan fingerprint density at radius 2 is 2.23 bits per heavy atom. The molecule has 2 aromatic rings. The minimum atomic E-state index is -0.238. The molecular weight excluding hydrogens is 253 g/mol. The van der Waals surface area contributed by atoms with E-state index in [1.807, 2.05) is 5.38 Å². The number of rotatable bonds is 1. The molecule has 66 valence electrons. The smallest absolute Gasteiger partial charge is 0.133 e. The first kappa shape index (κ1) is 8.84. The average molecular weight is 258 g/mol. The van der Waals surface area contributed by atoms with Gasteiger partial charge in [0.2, 0.25) is 0 Å². The predicted octanol–water partition coefficient (Wildman–Crippen LogP) is 3.71. The summed E-state index contributed by atoms with van der Waals surface area (Å²) < 4.78 is 14.1. The molecule has 1 nitrogen and oxygen atoms in total. The largest absolute Gasteiger partial charge is 0.244 e. The van der Waals surface area contributed by atoms with E-state index >= 15 is 0 Å². The van der Waals surface area contributed by atoms with Crippen LogP contribution in [0.4, 0.5) is 4.39 Å². The van der Waals surface area contributed by atoms with E-state index in [0.29, 0.717) is 10.6 Å². The molecule has 0 atom stereocenters. The molecule has 4 heteroatoms. The van der Waals surface area contributed by atoms with Crippen LogP contribution in [-0.2, 0) is 0 Å². The van der Waals surface area contributed by atoms with Crippen LogP contribution < -0.4 is 0 Å². The molecule has 0 unspecified atom stereocenters. The summed E-state index contributed by atoms with van der Waals surface area (Å²) in [6.07, 6.45) is 1.67. The zero-order valence-electron chi connectivity index (χ0n) is 6.50. The van der Waals surface area contributed by atoms with Crippen molar-refractivity contribution in [3.05, 3.63) is 40.1 Å². The van der Waals surface area contributed by atoms with Crippen LogP contribution in [0.5, 0.6) is 0 Å². The van der Waals surface area contributed by atoms with Crippen LogP contribution in [0.25, 0.3) is 10.6 Å². The molecule has 0 fully saturated rings. The molecule has 2 rings (SSSR count). The van der Waals surface area contributed by atoms with Crippen molar-refractivity contribution in [3.63, 3.8) is 0 Å². The third-order valence-electron chi connectivity index (χ3n) is 1.59. The first-order chi connectivity index (χ1) is 6.27. The molecule has 0 saturated carbocycles. The van der Waals surface area contributed by atoms with Crippen molar-refractivity contribution in [2.45, 2.75) is 0 Å². The van der Waals surface area contributed by atoms with Crippen LogP contribution in [0, 0.1) is 5.82 Å². The summed E-state index contributed by atoms with van der Waals surface area (Å²) in [7, 11) is 0. The number of aromatic nitrogens is 1. The lowest BCUT2D eigenvalue weighted by molar-refractivity contribution is 0.631. The Morgan fingerprint density at radius 1 is 1.38 bits per heavy atom. The second-order valence-electron chi connectivity index (χ2n) is 2.46. The van der Waals surface area contributed by atoms with Crippen LogP contribution in [0.15, 0.2) is 34.2 Å². The summed E-state index contributed by atoms with van der Waals surface area (Å²) in [5.41, 5.74) is 0.546. The van der Waals surface area contributed by atoms with Crippen LogP contribution in [0.1, 0.15) is 0 Å². The highest BCUT2D eigenvalue weighted by molar-refractivity contribution is 9.10. The van der Waals surface area contributed by atoms with Gasteiger partial charge in [-0.2, -0.15) is 0 Å². The van der Waals surface area contributed by atoms with E-state index in [1.165, 1.54) is 17.4 Å². The van der Waals surface area contributed by atoms with Crippen molar-refractivity contribution in [3.8, 4) is 10.6 Å². The predicted molar refractivity (Wildman–Crippen MR) is 55.2 cm³/mol. The van der Waals surface area contributed by atoms with Gasteiger partial charge >= 0.3 is 0 Å². The van der Waals surface area contributed by atoms with Crippen LogP contribution >= 0.6 is 27.3 Å². The van der Waals surface area contributed by atoms with E-state index < -0.39 is 0 Å². The van der Waals surface area contributed by atoms with E-state index in [9.17, 15) is 4.39 Å². The zero-order chi connectivity index (χ0) is 9.26. The second kappa shape index (κ2) is 3.55. The highest BCUT2D eigenvalue weighted by Crippen LogP contribution is 2.27. The molecule has 1 aromatic heterocycles. The number of hydrogen-bond donors (Lipinski definition) is 0. The Bertz CT molecular complexity index is 414. The van der Waals surface area contributed by atoms with Gasteiger partial charge < -0.3 is 0 Å². The third-order valence-corrected chi connectivity index (χ3v) is 2.89. The van der Waals surface area contributed by atoms with Crippen molar-refractivity contribution in [2.24, 2.45) is 0 Å². The first-order valence-electron chi connectivity index (χ1n) is 3.62. The standard InChI is InChI=1S/C9H5BrFNS/c10-6-1-2-8(11)7(5-6)9-12-3-4-13-9/h1-5H. The minimum absolute atomic E-state index is 0.238. The molecule has 0 aliphatic rings. The van der Waals surface area contributed by atoms with Crippen LogP contribution in [-0.4, -0.2) is 4.98 Å². The molecule has 13 heavy (non-hydrogen) atoms. The summed E-state index contributed by atoms with van der Waals surface area (Å²) >= 11 is 4.72. The van der Waals surface area contributed by atoms with E-state index in [2.05, 4.69) is 20.9 Å². The third kappa shape index (κ3) is 1.78. The lowest BCUT2D eigenvalue weighted by Gasteiger charge is -1.98. The normalized spacial score (nSPS) is 10.3. The molecule has 1 heterocycles. The molecule has 0 saturated heterocycles. The maximum absolute atomic E-state index is 13.3. The lowest BCUT2D eigenvalue weighted by Crippen LogP contribution is -1.82. The first-order valence-corrected chi connectivity index (χ1v) is 5.29. The Balaban J connectivity index is 2.57. The summed E-state index contributed by atoms with van der Waals surface area (Å²) in [5, 5.41) is 2.54. The average Bonchev–Trinajstić information content (AvgIpc) is 2.61. The Kier molecular flexibility index (Phi) is 2.42. The van der Waals surface area contributed by atoms with E-state index in [1.54, 1.807) is 18.3 Å². The molecule has 0 spiro atoms. The number of nitrogens with zero attached hydrogens (tertiary/aromatic N) is 1. The summed E-state index contributed by atoms with van der Waals surface area (Å²) in [4.78, 5) is 4.05. The van der Waals surface area contributed by atoms with Gasteiger partial charge in [0.25, 0.3) is 0 Å². The Labute approximate surface area is 87.4 Å². The quantitative estimate of drug-likeness (QED) is 0.759. The van der Waals surface area contributed by atoms with Gasteiger partial charge in [-0.25, -0.2) is 9.37 Å². The summed E-state index contributed by atoms with van der Waals surface area (Å²) in [6, 6.07) is 4.83. The maximum atomic E-state index is 13.3. The van der Waals surface area contributed by atoms with Gasteiger partial charge in [0.05, 0.1) is 0 Å². The SMILES string of the molecule is Fc1ccc(Br)cc1-c1nccs1. The molecule has 0 amide bonds. The van der Waals surface area contributed by atoms with Gasteiger partial charge in [0, 0.05) is 21.6 Å². The molecule has 0 N–H and O–H groups in total. The van der Waals surface area contributed by atoms with Crippen molar-refractivity contribution in [1.29, 1.82) is 0 Å². The maximum Gasteiger partial charge on any atom is 0.133 e. The number of thiazole rings is 1. The summed E-state index contributed by atoms with van der Waals surface area (Å²) in [5.74, 6) is -0.238. The molecule has 0 aliphatic heterocycles. The van der Waals surface area contributed by atoms with Gasteiger partial charge in [-0.15, -0.1) is 11.3 Å². The zero-order valence-corrected chi connectivity index (χ0v) is 8.90. The lowest BCUT2D eigenvalue weighted by atomic mass is 10.2. The molecule has 0 aliphatic carbocycles. The highest BCUT2D eigenvalue weighted by Gasteiger charge is 2.07. The number of hydrogen-bond acceptors (Lipinski definition) is 2. The van der Waals surface area contributed by atoms with Crippen molar-refractivity contribution < 1.29 is 4.39 Å². The molecule has 1 aromatic carbocycles. The van der Waals surface area contributed by atoms with Crippen molar-refractivity contribution in [1.82, 2.24) is 4.98 Å². The summed E-state index contributed by atoms with van der Waals surface area (Å²) in [6.45, 7) is 0. The van der Waals surface area contributed by atoms with Gasteiger partial charge in [0.15, 0.2) is 0 Å². The van der Waals surface area contributed by atoms with Crippen molar-refractivity contribution in [2.75, 3.05) is 0 Å². The molecule has 0 bridgehead atoms. The number of benzene rings is 1.